The molecule has 7 heteroatoms. The second-order valence-corrected chi connectivity index (χ2v) is 3.10. The monoisotopic (exact) mass is 250 g/mol. The zero-order valence-corrected chi connectivity index (χ0v) is 7.73. The molecule has 0 saturated carbocycles. The normalized spacial score (nSPS) is 11.9. The molecule has 0 unspecified atom stereocenters. The molecule has 78 valence electrons. The molecular weight excluding hydrogens is 250 g/mol. The summed E-state index contributed by atoms with van der Waals surface area (Å²) in [5.74, 6) is -3.00. The van der Waals surface area contributed by atoms with Crippen molar-refractivity contribution in [3.8, 4) is 0 Å². The minimum atomic E-state index is -4.99. The molecular formula is C7HCl2F5. The number of hydrogen-bond acceptors (Lipinski definition) is 0. The van der Waals surface area contributed by atoms with Gasteiger partial charge in [0.2, 0.25) is 0 Å². The molecule has 0 aliphatic carbocycles. The first kappa shape index (κ1) is 11.5. The number of halogens is 7. The average molecular weight is 251 g/mol. The van der Waals surface area contributed by atoms with Crippen molar-refractivity contribution in [1.82, 2.24) is 0 Å². The highest BCUT2D eigenvalue weighted by molar-refractivity contribution is 6.36. The number of hydrogen-bond donors (Lipinski definition) is 0. The molecule has 0 atom stereocenters. The van der Waals surface area contributed by atoms with Gasteiger partial charge >= 0.3 is 6.18 Å². The lowest BCUT2D eigenvalue weighted by Crippen LogP contribution is -2.09. The molecule has 0 spiro atoms. The zero-order valence-electron chi connectivity index (χ0n) is 6.22. The number of rotatable bonds is 0. The van der Waals surface area contributed by atoms with E-state index in [1.54, 1.807) is 0 Å². The molecule has 0 heterocycles. The van der Waals surface area contributed by atoms with Crippen LogP contribution in [-0.2, 0) is 6.18 Å². The maximum Gasteiger partial charge on any atom is 0.419 e. The van der Waals surface area contributed by atoms with Crippen molar-refractivity contribution < 1.29 is 22.0 Å². The van der Waals surface area contributed by atoms with Gasteiger partial charge in [0.25, 0.3) is 0 Å². The van der Waals surface area contributed by atoms with E-state index >= 15 is 0 Å². The minimum Gasteiger partial charge on any atom is -0.205 e. The lowest BCUT2D eigenvalue weighted by Gasteiger charge is -2.11. The summed E-state index contributed by atoms with van der Waals surface area (Å²) in [5.41, 5.74) is -1.70. The van der Waals surface area contributed by atoms with E-state index in [4.69, 9.17) is 23.2 Å². The Morgan fingerprint density at radius 1 is 0.929 bits per heavy atom. The van der Waals surface area contributed by atoms with Gasteiger partial charge in [-0.1, -0.05) is 23.2 Å². The molecule has 1 aromatic rings. The summed E-state index contributed by atoms with van der Waals surface area (Å²) in [4.78, 5) is 0. The summed E-state index contributed by atoms with van der Waals surface area (Å²) in [6, 6.07) is 0.194. The van der Waals surface area contributed by atoms with Gasteiger partial charge in [-0.3, -0.25) is 0 Å². The second kappa shape index (κ2) is 3.55. The van der Waals surface area contributed by atoms with E-state index in [0.29, 0.717) is 0 Å². The summed E-state index contributed by atoms with van der Waals surface area (Å²) in [5, 5.41) is -2.46. The molecule has 0 amide bonds. The SMILES string of the molecule is Fc1cc(F)c(Cl)c(C(F)(F)F)c1Cl. The van der Waals surface area contributed by atoms with Crippen LogP contribution in [-0.4, -0.2) is 0 Å². The molecule has 0 N–H and O–H groups in total. The quantitative estimate of drug-likeness (QED) is 0.476. The summed E-state index contributed by atoms with van der Waals surface area (Å²) in [6.45, 7) is 0. The van der Waals surface area contributed by atoms with Crippen molar-refractivity contribution in [1.29, 1.82) is 0 Å². The van der Waals surface area contributed by atoms with E-state index in [0.717, 1.165) is 0 Å². The average Bonchev–Trinajstić information content (AvgIpc) is 1.98. The van der Waals surface area contributed by atoms with Crippen LogP contribution in [0, 0.1) is 11.6 Å². The van der Waals surface area contributed by atoms with Gasteiger partial charge < -0.3 is 0 Å². The Morgan fingerprint density at radius 2 is 1.29 bits per heavy atom. The van der Waals surface area contributed by atoms with Crippen molar-refractivity contribution in [2.75, 3.05) is 0 Å². The number of benzene rings is 1. The van der Waals surface area contributed by atoms with Crippen molar-refractivity contribution in [3.63, 3.8) is 0 Å². The van der Waals surface area contributed by atoms with Gasteiger partial charge in [0.1, 0.15) is 11.6 Å². The zero-order chi connectivity index (χ0) is 11.1. The van der Waals surface area contributed by atoms with Crippen LogP contribution in [0.15, 0.2) is 6.07 Å². The van der Waals surface area contributed by atoms with Crippen molar-refractivity contribution in [2.45, 2.75) is 6.18 Å². The molecule has 14 heavy (non-hydrogen) atoms. The third-order valence-corrected chi connectivity index (χ3v) is 2.13. The Labute approximate surface area is 85.2 Å². The Balaban J connectivity index is 3.56. The fraction of sp³-hybridized carbons (Fsp3) is 0.143. The molecule has 0 aromatic heterocycles. The Morgan fingerprint density at radius 3 is 1.57 bits per heavy atom. The molecule has 1 aromatic carbocycles. The van der Waals surface area contributed by atoms with Crippen LogP contribution < -0.4 is 0 Å². The van der Waals surface area contributed by atoms with Crippen molar-refractivity contribution in [3.05, 3.63) is 33.3 Å². The fourth-order valence-corrected chi connectivity index (χ4v) is 1.38. The van der Waals surface area contributed by atoms with E-state index < -0.39 is 33.4 Å². The van der Waals surface area contributed by atoms with E-state index in [9.17, 15) is 22.0 Å². The third kappa shape index (κ3) is 1.93. The van der Waals surface area contributed by atoms with E-state index in [1.165, 1.54) is 0 Å². The predicted octanol–water partition coefficient (Wildman–Crippen LogP) is 4.29. The summed E-state index contributed by atoms with van der Waals surface area (Å²) < 4.78 is 61.7. The summed E-state index contributed by atoms with van der Waals surface area (Å²) in [7, 11) is 0. The smallest absolute Gasteiger partial charge is 0.205 e. The first-order valence-electron chi connectivity index (χ1n) is 3.15. The summed E-state index contributed by atoms with van der Waals surface area (Å²) in [6.07, 6.45) is -4.99. The molecule has 0 aliphatic rings. The Kier molecular flexibility index (Phi) is 2.92. The van der Waals surface area contributed by atoms with Crippen LogP contribution in [0.3, 0.4) is 0 Å². The summed E-state index contributed by atoms with van der Waals surface area (Å²) >= 11 is 10.0. The molecule has 0 bridgehead atoms. The lowest BCUT2D eigenvalue weighted by molar-refractivity contribution is -0.137. The third-order valence-electron chi connectivity index (χ3n) is 1.40. The van der Waals surface area contributed by atoms with Gasteiger partial charge in [-0.05, 0) is 0 Å². The topological polar surface area (TPSA) is 0 Å². The molecule has 0 nitrogen and oxygen atoms in total. The van der Waals surface area contributed by atoms with Crippen LogP contribution in [0.5, 0.6) is 0 Å². The van der Waals surface area contributed by atoms with E-state index in [2.05, 4.69) is 0 Å². The molecule has 0 aliphatic heterocycles. The minimum absolute atomic E-state index is 0.194. The van der Waals surface area contributed by atoms with Crippen molar-refractivity contribution >= 4 is 23.2 Å². The van der Waals surface area contributed by atoms with E-state index in [1.807, 2.05) is 0 Å². The van der Waals surface area contributed by atoms with Gasteiger partial charge in [-0.15, -0.1) is 0 Å². The maximum absolute atomic E-state index is 12.6. The van der Waals surface area contributed by atoms with Gasteiger partial charge in [0, 0.05) is 6.07 Å². The molecule has 0 radical (unpaired) electrons. The molecule has 1 rings (SSSR count). The highest BCUT2D eigenvalue weighted by atomic mass is 35.5. The number of alkyl halides is 3. The van der Waals surface area contributed by atoms with Crippen LogP contribution in [0.1, 0.15) is 5.56 Å². The fourth-order valence-electron chi connectivity index (χ4n) is 0.822. The highest BCUT2D eigenvalue weighted by Gasteiger charge is 2.38. The maximum atomic E-state index is 12.6. The van der Waals surface area contributed by atoms with Gasteiger partial charge in [-0.25, -0.2) is 8.78 Å². The van der Waals surface area contributed by atoms with Gasteiger partial charge in [0.15, 0.2) is 0 Å². The van der Waals surface area contributed by atoms with Crippen LogP contribution in [0.4, 0.5) is 22.0 Å². The van der Waals surface area contributed by atoms with E-state index in [-0.39, 0.29) is 6.07 Å². The van der Waals surface area contributed by atoms with Crippen LogP contribution >= 0.6 is 23.2 Å². The largest absolute Gasteiger partial charge is 0.419 e. The van der Waals surface area contributed by atoms with Crippen molar-refractivity contribution in [2.24, 2.45) is 0 Å². The van der Waals surface area contributed by atoms with Crippen LogP contribution in [0.25, 0.3) is 0 Å². The van der Waals surface area contributed by atoms with Crippen LogP contribution in [0.2, 0.25) is 10.0 Å². The highest BCUT2D eigenvalue weighted by Crippen LogP contribution is 2.41. The molecule has 0 saturated heterocycles. The molecule has 0 fully saturated rings. The standard InChI is InChI=1S/C7HCl2F5/c8-5-2(10)1-3(11)6(9)4(5)7(12,13)14/h1H. The Bertz CT molecular complexity index is 345. The van der Waals surface area contributed by atoms with Gasteiger partial charge in [-0.2, -0.15) is 13.2 Å². The lowest BCUT2D eigenvalue weighted by atomic mass is 10.2. The predicted molar refractivity (Wildman–Crippen MR) is 41.4 cm³/mol. The second-order valence-electron chi connectivity index (χ2n) is 2.34. The Hall–Kier alpha value is -0.550. The first-order chi connectivity index (χ1) is 6.25. The van der Waals surface area contributed by atoms with Gasteiger partial charge in [0.05, 0.1) is 15.6 Å². The first-order valence-corrected chi connectivity index (χ1v) is 3.91.